The molecule has 0 aromatic heterocycles. The Morgan fingerprint density at radius 3 is 2.62 bits per heavy atom. The van der Waals surface area contributed by atoms with Crippen LogP contribution >= 0.6 is 0 Å². The van der Waals surface area contributed by atoms with Gasteiger partial charge in [0.25, 0.3) is 0 Å². The topological polar surface area (TPSA) is 84.6 Å². The summed E-state index contributed by atoms with van der Waals surface area (Å²) in [6.07, 6.45) is 0. The van der Waals surface area contributed by atoms with Crippen molar-refractivity contribution in [3.8, 4) is 0 Å². The molecule has 1 aromatic rings. The van der Waals surface area contributed by atoms with E-state index in [1.54, 1.807) is 12.1 Å². The zero-order valence-electron chi connectivity index (χ0n) is 8.98. The maximum atomic E-state index is 11.3. The Morgan fingerprint density at radius 2 is 2.06 bits per heavy atom. The number of nitrogens with two attached hydrogens (primary N) is 1. The Bertz CT molecular complexity index is 325. The first-order chi connectivity index (χ1) is 7.76. The molecule has 0 spiro atoms. The first kappa shape index (κ1) is 12.6. The number of rotatable bonds is 6. The van der Waals surface area contributed by atoms with Crippen LogP contribution in [-0.2, 0) is 16.1 Å². The third-order valence-corrected chi connectivity index (χ3v) is 1.94. The van der Waals surface area contributed by atoms with Crippen molar-refractivity contribution in [2.24, 2.45) is 5.73 Å². The number of hydrogen-bond donors (Lipinski definition) is 3. The predicted octanol–water partition coefficient (Wildman–Crippen LogP) is 0.0927. The Balaban J connectivity index is 2.37. The quantitative estimate of drug-likeness (QED) is 0.598. The van der Waals surface area contributed by atoms with E-state index in [2.05, 4.69) is 5.32 Å². The zero-order chi connectivity index (χ0) is 11.8. The Morgan fingerprint density at radius 1 is 1.38 bits per heavy atom. The number of carbonyl (C=O) groups is 1. The average Bonchev–Trinajstić information content (AvgIpc) is 2.30. The molecule has 0 atom stereocenters. The van der Waals surface area contributed by atoms with E-state index in [1.165, 1.54) is 0 Å². The lowest BCUT2D eigenvalue weighted by molar-refractivity contribution is -0.120. The van der Waals surface area contributed by atoms with E-state index in [0.29, 0.717) is 12.2 Å². The highest BCUT2D eigenvalue weighted by Crippen LogP contribution is 2.08. The van der Waals surface area contributed by atoms with Gasteiger partial charge in [-0.15, -0.1) is 0 Å². The standard InChI is InChI=1S/C11H16N2O3/c12-7-9-1-3-10(4-2-9)13-11(15)8-16-6-5-14/h1-4,14H,5-8,12H2,(H,13,15). The number of amides is 1. The van der Waals surface area contributed by atoms with Gasteiger partial charge in [0.1, 0.15) is 6.61 Å². The first-order valence-corrected chi connectivity index (χ1v) is 5.03. The highest BCUT2D eigenvalue weighted by atomic mass is 16.5. The number of aliphatic hydroxyl groups excluding tert-OH is 1. The molecule has 0 unspecified atom stereocenters. The molecule has 0 bridgehead atoms. The lowest BCUT2D eigenvalue weighted by atomic mass is 10.2. The summed E-state index contributed by atoms with van der Waals surface area (Å²) >= 11 is 0. The summed E-state index contributed by atoms with van der Waals surface area (Å²) in [7, 11) is 0. The summed E-state index contributed by atoms with van der Waals surface area (Å²) in [5.74, 6) is -0.242. The van der Waals surface area contributed by atoms with Crippen molar-refractivity contribution in [3.63, 3.8) is 0 Å². The molecule has 1 aromatic carbocycles. The van der Waals surface area contributed by atoms with Crippen LogP contribution in [0, 0.1) is 0 Å². The van der Waals surface area contributed by atoms with Crippen molar-refractivity contribution in [1.29, 1.82) is 0 Å². The van der Waals surface area contributed by atoms with Crippen molar-refractivity contribution in [2.45, 2.75) is 6.54 Å². The Labute approximate surface area is 94.2 Å². The molecule has 0 saturated heterocycles. The molecule has 5 heteroatoms. The number of aliphatic hydroxyl groups is 1. The van der Waals surface area contributed by atoms with Crippen molar-refractivity contribution in [1.82, 2.24) is 0 Å². The second kappa shape index (κ2) is 6.95. The number of nitrogens with one attached hydrogen (secondary N) is 1. The van der Waals surface area contributed by atoms with Crippen LogP contribution < -0.4 is 11.1 Å². The third-order valence-electron chi connectivity index (χ3n) is 1.94. The number of ether oxygens (including phenoxy) is 1. The molecule has 0 aliphatic carbocycles. The van der Waals surface area contributed by atoms with E-state index >= 15 is 0 Å². The average molecular weight is 224 g/mol. The van der Waals surface area contributed by atoms with Gasteiger partial charge >= 0.3 is 0 Å². The maximum absolute atomic E-state index is 11.3. The number of benzene rings is 1. The fourth-order valence-electron chi connectivity index (χ4n) is 1.15. The molecular weight excluding hydrogens is 208 g/mol. The minimum atomic E-state index is -0.242. The summed E-state index contributed by atoms with van der Waals surface area (Å²) < 4.78 is 4.88. The molecule has 0 fully saturated rings. The monoisotopic (exact) mass is 224 g/mol. The maximum Gasteiger partial charge on any atom is 0.250 e. The van der Waals surface area contributed by atoms with Crippen LogP contribution in [0.15, 0.2) is 24.3 Å². The van der Waals surface area contributed by atoms with Gasteiger partial charge in [-0.1, -0.05) is 12.1 Å². The number of carbonyl (C=O) groups excluding carboxylic acids is 1. The van der Waals surface area contributed by atoms with Gasteiger partial charge in [-0.25, -0.2) is 0 Å². The Kier molecular flexibility index (Phi) is 5.49. The van der Waals surface area contributed by atoms with Crippen LogP contribution in [0.5, 0.6) is 0 Å². The Hall–Kier alpha value is -1.43. The van der Waals surface area contributed by atoms with Crippen LogP contribution in [0.1, 0.15) is 5.56 Å². The summed E-state index contributed by atoms with van der Waals surface area (Å²) in [5, 5.41) is 11.1. The van der Waals surface area contributed by atoms with Gasteiger partial charge in [0, 0.05) is 12.2 Å². The SMILES string of the molecule is NCc1ccc(NC(=O)COCCO)cc1. The third kappa shape index (κ3) is 4.39. The normalized spacial score (nSPS) is 10.1. The molecule has 4 N–H and O–H groups in total. The largest absolute Gasteiger partial charge is 0.394 e. The fourth-order valence-corrected chi connectivity index (χ4v) is 1.15. The minimum Gasteiger partial charge on any atom is -0.394 e. The summed E-state index contributed by atoms with van der Waals surface area (Å²) in [4.78, 5) is 11.3. The van der Waals surface area contributed by atoms with Gasteiger partial charge in [0.15, 0.2) is 0 Å². The van der Waals surface area contributed by atoms with Crippen LogP contribution in [0.4, 0.5) is 5.69 Å². The summed E-state index contributed by atoms with van der Waals surface area (Å²) in [6.45, 7) is 0.505. The molecule has 5 nitrogen and oxygen atoms in total. The van der Waals surface area contributed by atoms with Crippen molar-refractivity contribution in [3.05, 3.63) is 29.8 Å². The highest BCUT2D eigenvalue weighted by Gasteiger charge is 2.01. The molecule has 1 amide bonds. The van der Waals surface area contributed by atoms with E-state index < -0.39 is 0 Å². The predicted molar refractivity (Wildman–Crippen MR) is 60.9 cm³/mol. The molecule has 88 valence electrons. The van der Waals surface area contributed by atoms with Gasteiger partial charge in [-0.3, -0.25) is 4.79 Å². The van der Waals surface area contributed by atoms with Crippen LogP contribution in [0.25, 0.3) is 0 Å². The van der Waals surface area contributed by atoms with Crippen molar-refractivity contribution >= 4 is 11.6 Å². The first-order valence-electron chi connectivity index (χ1n) is 5.03. The number of anilines is 1. The lowest BCUT2D eigenvalue weighted by Gasteiger charge is -2.06. The lowest BCUT2D eigenvalue weighted by Crippen LogP contribution is -2.19. The fraction of sp³-hybridized carbons (Fsp3) is 0.364. The zero-order valence-corrected chi connectivity index (χ0v) is 8.98. The number of hydrogen-bond acceptors (Lipinski definition) is 4. The molecule has 16 heavy (non-hydrogen) atoms. The van der Waals surface area contributed by atoms with Crippen molar-refractivity contribution in [2.75, 3.05) is 25.1 Å². The van der Waals surface area contributed by atoms with Gasteiger partial charge in [0.05, 0.1) is 13.2 Å². The van der Waals surface area contributed by atoms with E-state index in [-0.39, 0.29) is 25.7 Å². The molecule has 0 heterocycles. The van der Waals surface area contributed by atoms with Gasteiger partial charge in [0.2, 0.25) is 5.91 Å². The molecule has 0 aliphatic heterocycles. The molecule has 1 rings (SSSR count). The van der Waals surface area contributed by atoms with Crippen LogP contribution in [0.3, 0.4) is 0 Å². The highest BCUT2D eigenvalue weighted by molar-refractivity contribution is 5.91. The van der Waals surface area contributed by atoms with Crippen molar-refractivity contribution < 1.29 is 14.6 Å². The molecule has 0 radical (unpaired) electrons. The second-order valence-corrected chi connectivity index (χ2v) is 3.23. The second-order valence-electron chi connectivity index (χ2n) is 3.23. The van der Waals surface area contributed by atoms with Crippen LogP contribution in [0.2, 0.25) is 0 Å². The molecule has 0 saturated carbocycles. The van der Waals surface area contributed by atoms with Gasteiger partial charge in [-0.2, -0.15) is 0 Å². The van der Waals surface area contributed by atoms with Crippen LogP contribution in [-0.4, -0.2) is 30.8 Å². The summed E-state index contributed by atoms with van der Waals surface area (Å²) in [5.41, 5.74) is 7.16. The molecular formula is C11H16N2O3. The van der Waals surface area contributed by atoms with E-state index in [0.717, 1.165) is 5.56 Å². The van der Waals surface area contributed by atoms with E-state index in [9.17, 15) is 4.79 Å². The van der Waals surface area contributed by atoms with Gasteiger partial charge in [-0.05, 0) is 17.7 Å². The van der Waals surface area contributed by atoms with E-state index in [1.807, 2.05) is 12.1 Å². The summed E-state index contributed by atoms with van der Waals surface area (Å²) in [6, 6.07) is 7.27. The van der Waals surface area contributed by atoms with E-state index in [4.69, 9.17) is 15.6 Å². The van der Waals surface area contributed by atoms with Gasteiger partial charge < -0.3 is 20.9 Å². The molecule has 0 aliphatic rings. The smallest absolute Gasteiger partial charge is 0.250 e. The minimum absolute atomic E-state index is 0.0563.